The van der Waals surface area contributed by atoms with Gasteiger partial charge in [0.2, 0.25) is 0 Å². The zero-order valence-electron chi connectivity index (χ0n) is 24.8. The van der Waals surface area contributed by atoms with Crippen LogP contribution < -0.4 is 19.8 Å². The Morgan fingerprint density at radius 1 is 1.00 bits per heavy atom. The second kappa shape index (κ2) is 13.3. The van der Waals surface area contributed by atoms with Crippen molar-refractivity contribution in [2.45, 2.75) is 66.9 Å². The van der Waals surface area contributed by atoms with Gasteiger partial charge in [0.1, 0.15) is 5.75 Å². The Labute approximate surface area is 250 Å². The summed E-state index contributed by atoms with van der Waals surface area (Å²) < 4.78 is 20.1. The molecule has 0 aliphatic heterocycles. The van der Waals surface area contributed by atoms with Crippen molar-refractivity contribution in [1.82, 2.24) is 9.66 Å². The SMILES string of the molecule is CCOc1cc(C)c(-c2nc3ccccc3c(=O)n2N=Cc2cc(Br)c(O[C@H](C)CC)c(OCC)c2)cc1C(C)C. The van der Waals surface area contributed by atoms with Crippen LogP contribution in [0.3, 0.4) is 0 Å². The minimum Gasteiger partial charge on any atom is -0.494 e. The summed E-state index contributed by atoms with van der Waals surface area (Å²) in [6.07, 6.45) is 2.54. The van der Waals surface area contributed by atoms with Crippen LogP contribution in [0.4, 0.5) is 0 Å². The van der Waals surface area contributed by atoms with E-state index in [4.69, 9.17) is 24.3 Å². The van der Waals surface area contributed by atoms with Crippen LogP contribution in [0.5, 0.6) is 17.2 Å². The number of halogens is 1. The van der Waals surface area contributed by atoms with E-state index in [0.29, 0.717) is 41.4 Å². The standard InChI is InChI=1S/C33H38BrN3O4/c1-8-22(7)41-31-27(34)16-23(17-30(31)40-10-3)19-35-37-32(36-28-14-12-11-13-24(28)33(37)38)26-18-25(20(4)5)29(39-9-2)15-21(26)6/h11-20,22H,8-10H2,1-7H3/t22-/m1/s1. The number of ether oxygens (including phenoxy) is 3. The van der Waals surface area contributed by atoms with Crippen molar-refractivity contribution in [2.24, 2.45) is 5.10 Å². The van der Waals surface area contributed by atoms with Crippen molar-refractivity contribution >= 4 is 33.0 Å². The van der Waals surface area contributed by atoms with E-state index in [-0.39, 0.29) is 17.6 Å². The third kappa shape index (κ3) is 6.64. The first-order chi connectivity index (χ1) is 19.7. The van der Waals surface area contributed by atoms with E-state index in [1.807, 2.05) is 64.1 Å². The lowest BCUT2D eigenvalue weighted by molar-refractivity contribution is 0.202. The van der Waals surface area contributed by atoms with Crippen molar-refractivity contribution in [3.05, 3.63) is 80.0 Å². The molecule has 0 unspecified atom stereocenters. The highest BCUT2D eigenvalue weighted by Gasteiger charge is 2.19. The van der Waals surface area contributed by atoms with Gasteiger partial charge in [-0.1, -0.05) is 32.9 Å². The number of hydrogen-bond acceptors (Lipinski definition) is 6. The number of hydrogen-bond donors (Lipinski definition) is 0. The van der Waals surface area contributed by atoms with Gasteiger partial charge >= 0.3 is 0 Å². The third-order valence-corrected chi connectivity index (χ3v) is 7.41. The normalized spacial score (nSPS) is 12.3. The molecule has 0 saturated carbocycles. The summed E-state index contributed by atoms with van der Waals surface area (Å²) in [4.78, 5) is 18.7. The van der Waals surface area contributed by atoms with Gasteiger partial charge in [0.15, 0.2) is 17.3 Å². The number of fused-ring (bicyclic) bond motifs is 1. The maximum Gasteiger partial charge on any atom is 0.282 e. The Kier molecular flexibility index (Phi) is 9.86. The first-order valence-electron chi connectivity index (χ1n) is 14.1. The summed E-state index contributed by atoms with van der Waals surface area (Å²) >= 11 is 3.64. The smallest absolute Gasteiger partial charge is 0.282 e. The molecule has 0 aliphatic carbocycles. The summed E-state index contributed by atoms with van der Waals surface area (Å²) in [5.41, 5.74) is 3.93. The van der Waals surface area contributed by atoms with Crippen LogP contribution in [0.15, 0.2) is 62.9 Å². The molecule has 216 valence electrons. The molecule has 0 spiro atoms. The number of rotatable bonds is 11. The lowest BCUT2D eigenvalue weighted by Gasteiger charge is -2.19. The molecule has 0 bridgehead atoms. The van der Waals surface area contributed by atoms with Crippen LogP contribution in [0.1, 0.15) is 70.6 Å². The second-order valence-electron chi connectivity index (χ2n) is 10.2. The summed E-state index contributed by atoms with van der Waals surface area (Å²) in [7, 11) is 0. The quantitative estimate of drug-likeness (QED) is 0.158. The third-order valence-electron chi connectivity index (χ3n) is 6.82. The number of para-hydroxylation sites is 1. The van der Waals surface area contributed by atoms with Gasteiger partial charge < -0.3 is 14.2 Å². The van der Waals surface area contributed by atoms with Gasteiger partial charge in [-0.25, -0.2) is 4.98 Å². The summed E-state index contributed by atoms with van der Waals surface area (Å²) in [5.74, 6) is 2.78. The topological polar surface area (TPSA) is 74.9 Å². The van der Waals surface area contributed by atoms with Crippen LogP contribution in [-0.4, -0.2) is 35.2 Å². The molecule has 0 aliphatic rings. The van der Waals surface area contributed by atoms with Crippen molar-refractivity contribution in [2.75, 3.05) is 13.2 Å². The van der Waals surface area contributed by atoms with Gasteiger partial charge in [0.05, 0.1) is 40.9 Å². The Balaban J connectivity index is 1.91. The fourth-order valence-corrected chi connectivity index (χ4v) is 5.08. The van der Waals surface area contributed by atoms with Crippen LogP contribution in [0.25, 0.3) is 22.3 Å². The van der Waals surface area contributed by atoms with E-state index in [9.17, 15) is 4.79 Å². The van der Waals surface area contributed by atoms with Crippen molar-refractivity contribution in [3.63, 3.8) is 0 Å². The summed E-state index contributed by atoms with van der Waals surface area (Å²) in [6.45, 7) is 15.3. The first-order valence-corrected chi connectivity index (χ1v) is 14.9. The fourth-order valence-electron chi connectivity index (χ4n) is 4.52. The zero-order valence-corrected chi connectivity index (χ0v) is 26.4. The molecule has 0 fully saturated rings. The van der Waals surface area contributed by atoms with Crippen molar-refractivity contribution < 1.29 is 14.2 Å². The number of aryl methyl sites for hydroxylation is 1. The van der Waals surface area contributed by atoms with Gasteiger partial charge in [0, 0.05) is 5.56 Å². The molecule has 41 heavy (non-hydrogen) atoms. The second-order valence-corrected chi connectivity index (χ2v) is 11.1. The predicted octanol–water partition coefficient (Wildman–Crippen LogP) is 8.11. The molecular weight excluding hydrogens is 582 g/mol. The molecule has 1 heterocycles. The molecule has 8 heteroatoms. The van der Waals surface area contributed by atoms with E-state index in [1.54, 1.807) is 12.3 Å². The average molecular weight is 621 g/mol. The van der Waals surface area contributed by atoms with Gasteiger partial charge in [-0.05, 0) is 109 Å². The van der Waals surface area contributed by atoms with Gasteiger partial charge in [-0.2, -0.15) is 9.78 Å². The van der Waals surface area contributed by atoms with Crippen LogP contribution in [0.2, 0.25) is 0 Å². The Bertz CT molecular complexity index is 1630. The van der Waals surface area contributed by atoms with Crippen molar-refractivity contribution in [3.8, 4) is 28.6 Å². The van der Waals surface area contributed by atoms with Gasteiger partial charge in [-0.3, -0.25) is 4.79 Å². The summed E-state index contributed by atoms with van der Waals surface area (Å²) in [6, 6.07) is 15.2. The molecule has 0 radical (unpaired) electrons. The maximum absolute atomic E-state index is 13.8. The van der Waals surface area contributed by atoms with Gasteiger partial charge in [-0.15, -0.1) is 0 Å². The molecule has 1 atom stereocenters. The molecule has 4 aromatic rings. The molecule has 1 aromatic heterocycles. The van der Waals surface area contributed by atoms with E-state index < -0.39 is 0 Å². The number of benzene rings is 3. The molecule has 3 aromatic carbocycles. The fraction of sp³-hybridized carbons (Fsp3) is 0.364. The van der Waals surface area contributed by atoms with Crippen LogP contribution in [0, 0.1) is 6.92 Å². The number of aromatic nitrogens is 2. The molecule has 7 nitrogen and oxygen atoms in total. The molecule has 0 amide bonds. The molecular formula is C33H38BrN3O4. The van der Waals surface area contributed by atoms with Crippen LogP contribution >= 0.6 is 15.9 Å². The van der Waals surface area contributed by atoms with E-state index >= 15 is 0 Å². The Morgan fingerprint density at radius 3 is 2.39 bits per heavy atom. The van der Waals surface area contributed by atoms with E-state index in [1.165, 1.54) is 4.68 Å². The van der Waals surface area contributed by atoms with E-state index in [2.05, 4.69) is 42.8 Å². The Hall–Kier alpha value is -3.65. The maximum atomic E-state index is 13.8. The lowest BCUT2D eigenvalue weighted by atomic mass is 9.96. The minimum absolute atomic E-state index is 0.0305. The highest BCUT2D eigenvalue weighted by Crippen LogP contribution is 2.38. The highest BCUT2D eigenvalue weighted by molar-refractivity contribution is 9.10. The lowest BCUT2D eigenvalue weighted by Crippen LogP contribution is -2.21. The largest absolute Gasteiger partial charge is 0.494 e. The highest BCUT2D eigenvalue weighted by atomic mass is 79.9. The zero-order chi connectivity index (χ0) is 29.7. The molecule has 0 N–H and O–H groups in total. The van der Waals surface area contributed by atoms with Crippen molar-refractivity contribution in [1.29, 1.82) is 0 Å². The molecule has 0 saturated heterocycles. The van der Waals surface area contributed by atoms with E-state index in [0.717, 1.165) is 38.9 Å². The summed E-state index contributed by atoms with van der Waals surface area (Å²) in [5, 5.41) is 5.19. The first kappa shape index (κ1) is 30.3. The Morgan fingerprint density at radius 2 is 1.71 bits per heavy atom. The average Bonchev–Trinajstić information content (AvgIpc) is 2.94. The molecule has 4 rings (SSSR count). The van der Waals surface area contributed by atoms with Crippen LogP contribution in [-0.2, 0) is 0 Å². The van der Waals surface area contributed by atoms with Gasteiger partial charge in [0.25, 0.3) is 5.56 Å². The minimum atomic E-state index is -0.248. The predicted molar refractivity (Wildman–Crippen MR) is 170 cm³/mol. The number of nitrogens with zero attached hydrogens (tertiary/aromatic N) is 3. The monoisotopic (exact) mass is 619 g/mol.